The summed E-state index contributed by atoms with van der Waals surface area (Å²) in [5, 5.41) is 4.08. The third kappa shape index (κ3) is 5.58. The molecule has 0 radical (unpaired) electrons. The average Bonchev–Trinajstić information content (AvgIpc) is 2.81. The minimum absolute atomic E-state index is 0.0240. The number of fused-ring (bicyclic) bond motifs is 1. The molecule has 0 spiro atoms. The molecule has 1 aliphatic rings. The Hall–Kier alpha value is -2.09. The van der Waals surface area contributed by atoms with Gasteiger partial charge in [0.05, 0.1) is 17.5 Å². The van der Waals surface area contributed by atoms with Crippen molar-refractivity contribution in [1.29, 1.82) is 0 Å². The van der Waals surface area contributed by atoms with Crippen molar-refractivity contribution in [1.82, 2.24) is 9.62 Å². The van der Waals surface area contributed by atoms with E-state index >= 15 is 0 Å². The van der Waals surface area contributed by atoms with E-state index in [1.165, 1.54) is 29.8 Å². The van der Waals surface area contributed by atoms with Gasteiger partial charge >= 0.3 is 0 Å². The molecule has 1 atom stereocenters. The van der Waals surface area contributed by atoms with Crippen LogP contribution in [0.25, 0.3) is 0 Å². The Morgan fingerprint density at radius 1 is 0.941 bits per heavy atom. The largest absolute Gasteiger partial charge is 0.348 e. The second-order valence-corrected chi connectivity index (χ2v) is 11.3. The number of carbonyl (C=O) groups is 1. The molecule has 0 saturated carbocycles. The molecular weight excluding hydrogens is 515 g/mol. The Balaban J connectivity index is 1.62. The lowest BCUT2D eigenvalue weighted by Gasteiger charge is -2.28. The molecule has 3 aromatic carbocycles. The predicted octanol–water partition coefficient (Wildman–Crippen LogP) is 6.03. The van der Waals surface area contributed by atoms with Gasteiger partial charge in [-0.15, -0.1) is 0 Å². The molecule has 34 heavy (non-hydrogen) atoms. The molecule has 4 rings (SSSR count). The Morgan fingerprint density at radius 2 is 1.62 bits per heavy atom. The summed E-state index contributed by atoms with van der Waals surface area (Å²) in [6.45, 7) is -0.538. The maximum Gasteiger partial charge on any atom is 0.243 e. The van der Waals surface area contributed by atoms with Crippen molar-refractivity contribution >= 4 is 50.7 Å². The maximum atomic E-state index is 13.5. The van der Waals surface area contributed by atoms with E-state index in [0.717, 1.165) is 29.1 Å². The topological polar surface area (TPSA) is 66.5 Å². The number of halogens is 3. The van der Waals surface area contributed by atoms with Gasteiger partial charge in [0, 0.05) is 27.2 Å². The fourth-order valence-electron chi connectivity index (χ4n) is 4.15. The SMILES string of the molecule is O=C(CN(Cc1c(Cl)cccc1Cl)S(=O)(=O)c1ccc(Cl)cc1)N[C@H]1CCCc2ccccc21. The summed E-state index contributed by atoms with van der Waals surface area (Å²) in [7, 11) is -4.05. The Bertz CT molecular complexity index is 1280. The van der Waals surface area contributed by atoms with Gasteiger partial charge in [0.15, 0.2) is 0 Å². The van der Waals surface area contributed by atoms with Gasteiger partial charge in [0.25, 0.3) is 0 Å². The lowest BCUT2D eigenvalue weighted by Crippen LogP contribution is -2.42. The van der Waals surface area contributed by atoms with E-state index in [-0.39, 0.29) is 24.0 Å². The summed E-state index contributed by atoms with van der Waals surface area (Å²) in [5.74, 6) is -0.401. The molecule has 0 aliphatic heterocycles. The highest BCUT2D eigenvalue weighted by Gasteiger charge is 2.30. The summed E-state index contributed by atoms with van der Waals surface area (Å²) in [6, 6.07) is 18.6. The summed E-state index contributed by atoms with van der Waals surface area (Å²) >= 11 is 18.6. The third-order valence-electron chi connectivity index (χ3n) is 5.87. The first-order valence-electron chi connectivity index (χ1n) is 10.8. The van der Waals surface area contributed by atoms with Gasteiger partial charge in [0.2, 0.25) is 15.9 Å². The number of aryl methyl sites for hydroxylation is 1. The van der Waals surface area contributed by atoms with Crippen LogP contribution in [0.1, 0.15) is 35.6 Å². The Kier molecular flexibility index (Phi) is 7.85. The Morgan fingerprint density at radius 3 is 2.32 bits per heavy atom. The van der Waals surface area contributed by atoms with Crippen molar-refractivity contribution in [3.05, 3.63) is 98.5 Å². The van der Waals surface area contributed by atoms with Crippen LogP contribution in [0.4, 0.5) is 0 Å². The monoisotopic (exact) mass is 536 g/mol. The molecule has 0 fully saturated rings. The zero-order chi connectivity index (χ0) is 24.3. The van der Waals surface area contributed by atoms with Crippen LogP contribution >= 0.6 is 34.8 Å². The van der Waals surface area contributed by atoms with E-state index in [0.29, 0.717) is 20.6 Å². The van der Waals surface area contributed by atoms with E-state index in [2.05, 4.69) is 11.4 Å². The number of benzene rings is 3. The van der Waals surface area contributed by atoms with E-state index in [1.54, 1.807) is 18.2 Å². The summed E-state index contributed by atoms with van der Waals surface area (Å²) in [6.07, 6.45) is 2.71. The molecule has 0 unspecified atom stereocenters. The molecule has 9 heteroatoms. The van der Waals surface area contributed by atoms with Crippen LogP contribution in [0.2, 0.25) is 15.1 Å². The van der Waals surface area contributed by atoms with Gasteiger partial charge < -0.3 is 5.32 Å². The highest BCUT2D eigenvalue weighted by Crippen LogP contribution is 2.31. The fourth-order valence-corrected chi connectivity index (χ4v) is 6.15. The van der Waals surface area contributed by atoms with Crippen LogP contribution in [-0.4, -0.2) is 25.2 Å². The quantitative estimate of drug-likeness (QED) is 0.400. The summed E-state index contributed by atoms with van der Waals surface area (Å²) < 4.78 is 28.1. The predicted molar refractivity (Wildman–Crippen MR) is 136 cm³/mol. The number of nitrogens with zero attached hydrogens (tertiary/aromatic N) is 1. The first-order chi connectivity index (χ1) is 16.3. The standard InChI is InChI=1S/C25H23Cl3N2O3S/c26-18-11-13-19(14-12-18)34(32,33)30(15-21-22(27)8-4-9-23(21)28)16-25(31)29-24-10-3-6-17-5-1-2-7-20(17)24/h1-2,4-5,7-9,11-14,24H,3,6,10,15-16H2,(H,29,31)/t24-/m0/s1. The van der Waals surface area contributed by atoms with Crippen molar-refractivity contribution in [2.45, 2.75) is 36.7 Å². The van der Waals surface area contributed by atoms with E-state index < -0.39 is 15.9 Å². The van der Waals surface area contributed by atoms with Crippen LogP contribution in [0, 0.1) is 0 Å². The number of amides is 1. The highest BCUT2D eigenvalue weighted by atomic mass is 35.5. The normalized spacial score (nSPS) is 15.7. The number of hydrogen-bond donors (Lipinski definition) is 1. The number of rotatable bonds is 7. The third-order valence-corrected chi connectivity index (χ3v) is 8.64. The molecule has 1 aliphatic carbocycles. The van der Waals surface area contributed by atoms with Crippen molar-refractivity contribution in [2.24, 2.45) is 0 Å². The zero-order valence-electron chi connectivity index (χ0n) is 18.2. The first-order valence-corrected chi connectivity index (χ1v) is 13.4. The number of carbonyl (C=O) groups excluding carboxylic acids is 1. The highest BCUT2D eigenvalue weighted by molar-refractivity contribution is 7.89. The Labute approximate surface area is 214 Å². The van der Waals surface area contributed by atoms with Crippen LogP contribution in [0.15, 0.2) is 71.6 Å². The molecule has 5 nitrogen and oxygen atoms in total. The van der Waals surface area contributed by atoms with Gasteiger partial charge in [-0.3, -0.25) is 4.79 Å². The molecule has 0 aromatic heterocycles. The van der Waals surface area contributed by atoms with Crippen molar-refractivity contribution in [3.63, 3.8) is 0 Å². The molecule has 0 saturated heterocycles. The average molecular weight is 538 g/mol. The molecule has 0 heterocycles. The molecular formula is C25H23Cl3N2O3S. The maximum absolute atomic E-state index is 13.5. The summed E-state index contributed by atoms with van der Waals surface area (Å²) in [4.78, 5) is 13.1. The van der Waals surface area contributed by atoms with Gasteiger partial charge in [-0.05, 0) is 66.8 Å². The molecule has 3 aromatic rings. The van der Waals surface area contributed by atoms with Crippen LogP contribution in [0.3, 0.4) is 0 Å². The van der Waals surface area contributed by atoms with Gasteiger partial charge in [0.1, 0.15) is 0 Å². The lowest BCUT2D eigenvalue weighted by atomic mass is 9.88. The zero-order valence-corrected chi connectivity index (χ0v) is 21.3. The minimum atomic E-state index is -4.05. The van der Waals surface area contributed by atoms with E-state index in [1.807, 2.05) is 18.2 Å². The summed E-state index contributed by atoms with van der Waals surface area (Å²) in [5.41, 5.74) is 2.70. The molecule has 0 bridgehead atoms. The number of hydrogen-bond acceptors (Lipinski definition) is 3. The molecule has 1 N–H and O–H groups in total. The first kappa shape index (κ1) is 25.0. The van der Waals surface area contributed by atoms with Crippen molar-refractivity contribution in [2.75, 3.05) is 6.54 Å². The van der Waals surface area contributed by atoms with Gasteiger partial charge in [-0.2, -0.15) is 4.31 Å². The van der Waals surface area contributed by atoms with Gasteiger partial charge in [-0.25, -0.2) is 8.42 Å². The van der Waals surface area contributed by atoms with Crippen molar-refractivity contribution < 1.29 is 13.2 Å². The van der Waals surface area contributed by atoms with Crippen molar-refractivity contribution in [3.8, 4) is 0 Å². The smallest absolute Gasteiger partial charge is 0.243 e. The van der Waals surface area contributed by atoms with E-state index in [9.17, 15) is 13.2 Å². The number of sulfonamides is 1. The number of nitrogens with one attached hydrogen (secondary N) is 1. The second-order valence-electron chi connectivity index (χ2n) is 8.14. The van der Waals surface area contributed by atoms with Crippen LogP contribution in [0.5, 0.6) is 0 Å². The van der Waals surface area contributed by atoms with Crippen LogP contribution in [-0.2, 0) is 27.8 Å². The van der Waals surface area contributed by atoms with Gasteiger partial charge in [-0.1, -0.05) is 65.1 Å². The van der Waals surface area contributed by atoms with E-state index in [4.69, 9.17) is 34.8 Å². The fraction of sp³-hybridized carbons (Fsp3) is 0.240. The lowest BCUT2D eigenvalue weighted by molar-refractivity contribution is -0.122. The second kappa shape index (κ2) is 10.7. The molecule has 1 amide bonds. The van der Waals surface area contributed by atoms with Crippen LogP contribution < -0.4 is 5.32 Å². The minimum Gasteiger partial charge on any atom is -0.348 e. The molecule has 178 valence electrons.